The van der Waals surface area contributed by atoms with E-state index in [0.29, 0.717) is 0 Å². The van der Waals surface area contributed by atoms with Crippen LogP contribution in [0, 0.1) is 11.8 Å². The molecule has 1 aromatic rings. The summed E-state index contributed by atoms with van der Waals surface area (Å²) in [4.78, 5) is 2.83. The molecule has 1 heterocycles. The van der Waals surface area contributed by atoms with Crippen molar-refractivity contribution in [3.05, 3.63) is 21.9 Å². The van der Waals surface area contributed by atoms with Crippen molar-refractivity contribution in [1.29, 1.82) is 0 Å². The summed E-state index contributed by atoms with van der Waals surface area (Å²) in [7, 11) is 0. The lowest BCUT2D eigenvalue weighted by Crippen LogP contribution is -2.12. The van der Waals surface area contributed by atoms with Gasteiger partial charge in [0.25, 0.3) is 0 Å². The van der Waals surface area contributed by atoms with E-state index in [1.807, 2.05) is 18.3 Å². The molecule has 0 unspecified atom stereocenters. The van der Waals surface area contributed by atoms with E-state index in [1.54, 1.807) is 0 Å². The average Bonchev–Trinajstić information content (AvgIpc) is 2.60. The molecule has 1 aromatic heterocycles. The highest BCUT2D eigenvalue weighted by Crippen LogP contribution is 2.29. The Labute approximate surface area is 96.9 Å². The fraction of sp³-hybridized carbons (Fsp3) is 0.538. The van der Waals surface area contributed by atoms with Crippen LogP contribution in [0.1, 0.15) is 37.4 Å². The molecule has 0 aliphatic rings. The SMILES string of the molecule is CC#CCNCc1ccc(C(C)(C)C)s1. The van der Waals surface area contributed by atoms with E-state index in [4.69, 9.17) is 0 Å². The van der Waals surface area contributed by atoms with Gasteiger partial charge >= 0.3 is 0 Å². The molecule has 0 saturated heterocycles. The first-order valence-electron chi connectivity index (χ1n) is 5.23. The van der Waals surface area contributed by atoms with Crippen LogP contribution >= 0.6 is 11.3 Å². The highest BCUT2D eigenvalue weighted by molar-refractivity contribution is 7.12. The van der Waals surface area contributed by atoms with Gasteiger partial charge in [0.05, 0.1) is 6.54 Å². The lowest BCUT2D eigenvalue weighted by molar-refractivity contribution is 0.604. The molecule has 0 bridgehead atoms. The van der Waals surface area contributed by atoms with E-state index in [2.05, 4.69) is 50.1 Å². The second-order valence-electron chi connectivity index (χ2n) is 4.55. The molecule has 0 aliphatic heterocycles. The van der Waals surface area contributed by atoms with Crippen molar-refractivity contribution >= 4 is 11.3 Å². The van der Waals surface area contributed by atoms with Crippen LogP contribution < -0.4 is 5.32 Å². The average molecular weight is 221 g/mol. The zero-order chi connectivity index (χ0) is 11.3. The fourth-order valence-electron chi connectivity index (χ4n) is 1.21. The van der Waals surface area contributed by atoms with Crippen molar-refractivity contribution in [2.45, 2.75) is 39.7 Å². The number of hydrogen-bond acceptors (Lipinski definition) is 2. The number of nitrogens with one attached hydrogen (secondary N) is 1. The predicted molar refractivity (Wildman–Crippen MR) is 68.2 cm³/mol. The summed E-state index contributed by atoms with van der Waals surface area (Å²) in [5.41, 5.74) is 0.270. The van der Waals surface area contributed by atoms with Gasteiger partial charge < -0.3 is 5.32 Å². The Balaban J connectivity index is 2.49. The summed E-state index contributed by atoms with van der Waals surface area (Å²) in [5, 5.41) is 3.30. The smallest absolute Gasteiger partial charge is 0.0579 e. The molecule has 0 fully saturated rings. The van der Waals surface area contributed by atoms with Crippen LogP contribution in [0.15, 0.2) is 12.1 Å². The monoisotopic (exact) mass is 221 g/mol. The van der Waals surface area contributed by atoms with Crippen molar-refractivity contribution < 1.29 is 0 Å². The van der Waals surface area contributed by atoms with E-state index in [-0.39, 0.29) is 5.41 Å². The Morgan fingerprint density at radius 3 is 2.60 bits per heavy atom. The molecular weight excluding hydrogens is 202 g/mol. The molecule has 0 aliphatic carbocycles. The van der Waals surface area contributed by atoms with Gasteiger partial charge in [0.15, 0.2) is 0 Å². The zero-order valence-electron chi connectivity index (χ0n) is 9.98. The minimum Gasteiger partial charge on any atom is -0.301 e. The van der Waals surface area contributed by atoms with Crippen molar-refractivity contribution in [1.82, 2.24) is 5.32 Å². The quantitative estimate of drug-likeness (QED) is 0.610. The van der Waals surface area contributed by atoms with Crippen LogP contribution in [0.25, 0.3) is 0 Å². The molecule has 1 rings (SSSR count). The van der Waals surface area contributed by atoms with Gasteiger partial charge in [-0.1, -0.05) is 26.7 Å². The summed E-state index contributed by atoms with van der Waals surface area (Å²) in [6, 6.07) is 4.44. The van der Waals surface area contributed by atoms with Crippen molar-refractivity contribution in [2.24, 2.45) is 0 Å². The fourth-order valence-corrected chi connectivity index (χ4v) is 2.25. The third kappa shape index (κ3) is 4.07. The summed E-state index contributed by atoms with van der Waals surface area (Å²) in [6.07, 6.45) is 0. The highest BCUT2D eigenvalue weighted by atomic mass is 32.1. The number of rotatable bonds is 3. The van der Waals surface area contributed by atoms with Crippen LogP contribution in [-0.4, -0.2) is 6.54 Å². The Hall–Kier alpha value is -0.780. The van der Waals surface area contributed by atoms with Crippen LogP contribution in [0.2, 0.25) is 0 Å². The van der Waals surface area contributed by atoms with Crippen LogP contribution in [0.4, 0.5) is 0 Å². The molecule has 0 saturated carbocycles. The first-order chi connectivity index (χ1) is 7.04. The topological polar surface area (TPSA) is 12.0 Å². The molecule has 0 spiro atoms. The Morgan fingerprint density at radius 1 is 1.33 bits per heavy atom. The van der Waals surface area contributed by atoms with E-state index < -0.39 is 0 Å². The maximum atomic E-state index is 3.30. The maximum absolute atomic E-state index is 3.30. The third-order valence-electron chi connectivity index (χ3n) is 2.09. The number of hydrogen-bond donors (Lipinski definition) is 1. The van der Waals surface area contributed by atoms with Gasteiger partial charge in [-0.05, 0) is 24.5 Å². The van der Waals surface area contributed by atoms with Gasteiger partial charge in [-0.2, -0.15) is 0 Å². The summed E-state index contributed by atoms with van der Waals surface area (Å²) in [6.45, 7) is 10.3. The van der Waals surface area contributed by atoms with Crippen molar-refractivity contribution in [3.8, 4) is 11.8 Å². The van der Waals surface area contributed by atoms with Crippen molar-refractivity contribution in [3.63, 3.8) is 0 Å². The predicted octanol–water partition coefficient (Wildman–Crippen LogP) is 3.16. The Morgan fingerprint density at radius 2 is 2.07 bits per heavy atom. The molecule has 0 aromatic carbocycles. The second-order valence-corrected chi connectivity index (χ2v) is 5.71. The molecule has 15 heavy (non-hydrogen) atoms. The van der Waals surface area contributed by atoms with E-state index in [9.17, 15) is 0 Å². The Bertz CT molecular complexity index is 360. The molecular formula is C13H19NS. The molecule has 0 amide bonds. The van der Waals surface area contributed by atoms with E-state index >= 15 is 0 Å². The van der Waals surface area contributed by atoms with Crippen LogP contribution in [-0.2, 0) is 12.0 Å². The summed E-state index contributed by atoms with van der Waals surface area (Å²) >= 11 is 1.89. The lowest BCUT2D eigenvalue weighted by Gasteiger charge is -2.15. The lowest BCUT2D eigenvalue weighted by atomic mass is 9.95. The highest BCUT2D eigenvalue weighted by Gasteiger charge is 2.15. The van der Waals surface area contributed by atoms with Gasteiger partial charge in [0.2, 0.25) is 0 Å². The Kier molecular flexibility index (Phi) is 4.38. The summed E-state index contributed by atoms with van der Waals surface area (Å²) in [5.74, 6) is 5.87. The van der Waals surface area contributed by atoms with Crippen LogP contribution in [0.3, 0.4) is 0 Å². The second kappa shape index (κ2) is 5.34. The summed E-state index contributed by atoms with van der Waals surface area (Å²) < 4.78 is 0. The van der Waals surface area contributed by atoms with Gasteiger partial charge in [0, 0.05) is 16.3 Å². The van der Waals surface area contributed by atoms with E-state index in [1.165, 1.54) is 9.75 Å². The van der Waals surface area contributed by atoms with Gasteiger partial charge in [0.1, 0.15) is 0 Å². The number of thiophene rings is 1. The largest absolute Gasteiger partial charge is 0.301 e. The first-order valence-corrected chi connectivity index (χ1v) is 6.05. The van der Waals surface area contributed by atoms with Gasteiger partial charge in [-0.15, -0.1) is 17.3 Å². The standard InChI is InChI=1S/C13H19NS/c1-5-6-9-14-10-11-7-8-12(15-11)13(2,3)4/h7-8,14H,9-10H2,1-4H3. The molecule has 82 valence electrons. The van der Waals surface area contributed by atoms with E-state index in [0.717, 1.165) is 13.1 Å². The first kappa shape index (κ1) is 12.3. The third-order valence-corrected chi connectivity index (χ3v) is 3.60. The normalized spacial score (nSPS) is 10.9. The molecule has 0 radical (unpaired) electrons. The molecule has 2 heteroatoms. The van der Waals surface area contributed by atoms with Gasteiger partial charge in [-0.25, -0.2) is 0 Å². The van der Waals surface area contributed by atoms with Gasteiger partial charge in [-0.3, -0.25) is 0 Å². The minimum absolute atomic E-state index is 0.270. The van der Waals surface area contributed by atoms with Crippen molar-refractivity contribution in [2.75, 3.05) is 6.54 Å². The zero-order valence-corrected chi connectivity index (χ0v) is 10.8. The van der Waals surface area contributed by atoms with Crippen LogP contribution in [0.5, 0.6) is 0 Å². The molecule has 1 N–H and O–H groups in total. The molecule has 0 atom stereocenters. The minimum atomic E-state index is 0.270. The molecule has 1 nitrogen and oxygen atoms in total. The maximum Gasteiger partial charge on any atom is 0.0579 e.